The zero-order chi connectivity index (χ0) is 13.8. The lowest BCUT2D eigenvalue weighted by Gasteiger charge is -2.19. The van der Waals surface area contributed by atoms with Crippen LogP contribution in [0.15, 0.2) is 0 Å². The Morgan fingerprint density at radius 3 is 1.94 bits per heavy atom. The second-order valence-corrected chi connectivity index (χ2v) is 5.49. The van der Waals surface area contributed by atoms with E-state index in [2.05, 4.69) is 11.8 Å². The molecular formula is C15H32N2O. The summed E-state index contributed by atoms with van der Waals surface area (Å²) in [5.41, 5.74) is 0. The Balaban J connectivity index is 3.40. The first kappa shape index (κ1) is 17.4. The van der Waals surface area contributed by atoms with Gasteiger partial charge >= 0.3 is 0 Å². The van der Waals surface area contributed by atoms with Gasteiger partial charge in [-0.3, -0.25) is 4.79 Å². The lowest BCUT2D eigenvalue weighted by Crippen LogP contribution is -2.33. The Morgan fingerprint density at radius 2 is 1.39 bits per heavy atom. The molecule has 3 nitrogen and oxygen atoms in total. The van der Waals surface area contributed by atoms with Crippen molar-refractivity contribution in [3.8, 4) is 0 Å². The van der Waals surface area contributed by atoms with Crippen molar-refractivity contribution in [3.63, 3.8) is 0 Å². The number of hydrogen-bond acceptors (Lipinski definition) is 2. The van der Waals surface area contributed by atoms with E-state index in [4.69, 9.17) is 0 Å². The maximum absolute atomic E-state index is 11.8. The van der Waals surface area contributed by atoms with E-state index in [9.17, 15) is 4.79 Å². The third kappa shape index (κ3) is 10.6. The SMILES string of the molecule is CCCCCCCCCC(=O)N(C)CCN(C)C. The van der Waals surface area contributed by atoms with Crippen LogP contribution in [0.2, 0.25) is 0 Å². The average molecular weight is 256 g/mol. The summed E-state index contributed by atoms with van der Waals surface area (Å²) < 4.78 is 0. The number of unbranched alkanes of at least 4 members (excludes halogenated alkanes) is 6. The van der Waals surface area contributed by atoms with E-state index in [1.165, 1.54) is 38.5 Å². The van der Waals surface area contributed by atoms with Gasteiger partial charge in [0.05, 0.1) is 0 Å². The van der Waals surface area contributed by atoms with E-state index in [-0.39, 0.29) is 0 Å². The lowest BCUT2D eigenvalue weighted by atomic mass is 10.1. The largest absolute Gasteiger partial charge is 0.344 e. The van der Waals surface area contributed by atoms with Crippen LogP contribution in [0, 0.1) is 0 Å². The maximum atomic E-state index is 11.8. The molecule has 1 amide bonds. The van der Waals surface area contributed by atoms with Gasteiger partial charge in [-0.05, 0) is 20.5 Å². The van der Waals surface area contributed by atoms with Crippen molar-refractivity contribution < 1.29 is 4.79 Å². The number of carbonyl (C=O) groups excluding carboxylic acids is 1. The Hall–Kier alpha value is -0.570. The Morgan fingerprint density at radius 1 is 0.833 bits per heavy atom. The van der Waals surface area contributed by atoms with E-state index in [0.29, 0.717) is 5.91 Å². The molecule has 0 unspecified atom stereocenters. The monoisotopic (exact) mass is 256 g/mol. The molecule has 0 aromatic rings. The Labute approximate surface area is 114 Å². The summed E-state index contributed by atoms with van der Waals surface area (Å²) in [4.78, 5) is 15.8. The van der Waals surface area contributed by atoms with Gasteiger partial charge in [0, 0.05) is 26.6 Å². The highest BCUT2D eigenvalue weighted by Crippen LogP contribution is 2.09. The smallest absolute Gasteiger partial charge is 0.222 e. The van der Waals surface area contributed by atoms with Crippen molar-refractivity contribution in [2.75, 3.05) is 34.2 Å². The van der Waals surface area contributed by atoms with Gasteiger partial charge in [0.1, 0.15) is 0 Å². The maximum Gasteiger partial charge on any atom is 0.222 e. The number of hydrogen-bond donors (Lipinski definition) is 0. The normalized spacial score (nSPS) is 10.9. The van der Waals surface area contributed by atoms with Crippen LogP contribution < -0.4 is 0 Å². The topological polar surface area (TPSA) is 23.6 Å². The highest BCUT2D eigenvalue weighted by atomic mass is 16.2. The molecule has 0 fully saturated rings. The van der Waals surface area contributed by atoms with Gasteiger partial charge in [-0.25, -0.2) is 0 Å². The molecule has 0 aliphatic heterocycles. The van der Waals surface area contributed by atoms with Crippen molar-refractivity contribution in [1.82, 2.24) is 9.80 Å². The number of amides is 1. The highest BCUT2D eigenvalue weighted by Gasteiger charge is 2.07. The molecule has 0 spiro atoms. The van der Waals surface area contributed by atoms with Gasteiger partial charge < -0.3 is 9.80 Å². The average Bonchev–Trinajstić information content (AvgIpc) is 2.34. The summed E-state index contributed by atoms with van der Waals surface area (Å²) in [7, 11) is 5.98. The summed E-state index contributed by atoms with van der Waals surface area (Å²) in [5.74, 6) is 0.297. The van der Waals surface area contributed by atoms with Crippen molar-refractivity contribution >= 4 is 5.91 Å². The summed E-state index contributed by atoms with van der Waals surface area (Å²) >= 11 is 0. The predicted molar refractivity (Wildman–Crippen MR) is 78.8 cm³/mol. The fourth-order valence-corrected chi connectivity index (χ4v) is 1.90. The summed E-state index contributed by atoms with van der Waals surface area (Å²) in [6.45, 7) is 4.02. The molecule has 0 aliphatic rings. The van der Waals surface area contributed by atoms with Gasteiger partial charge in [-0.2, -0.15) is 0 Å². The van der Waals surface area contributed by atoms with Crippen molar-refractivity contribution in [2.45, 2.75) is 58.3 Å². The molecule has 0 aromatic carbocycles. The molecule has 0 radical (unpaired) electrons. The standard InChI is InChI=1S/C15H32N2O/c1-5-6-7-8-9-10-11-12-15(18)17(4)14-13-16(2)3/h5-14H2,1-4H3. The molecule has 0 saturated heterocycles. The first-order valence-corrected chi connectivity index (χ1v) is 7.46. The van der Waals surface area contributed by atoms with Crippen molar-refractivity contribution in [3.05, 3.63) is 0 Å². The molecule has 0 aromatic heterocycles. The molecule has 108 valence electrons. The van der Waals surface area contributed by atoms with Gasteiger partial charge in [-0.15, -0.1) is 0 Å². The summed E-state index contributed by atoms with van der Waals surface area (Å²) in [6.07, 6.45) is 9.60. The van der Waals surface area contributed by atoms with Crippen LogP contribution >= 0.6 is 0 Å². The number of likely N-dealkylation sites (N-methyl/N-ethyl adjacent to an activating group) is 2. The lowest BCUT2D eigenvalue weighted by molar-refractivity contribution is -0.130. The van der Waals surface area contributed by atoms with Crippen molar-refractivity contribution in [1.29, 1.82) is 0 Å². The van der Waals surface area contributed by atoms with Crippen LogP contribution in [-0.4, -0.2) is 49.9 Å². The number of rotatable bonds is 11. The summed E-state index contributed by atoms with van der Waals surface area (Å²) in [6, 6.07) is 0. The van der Waals surface area contributed by atoms with Gasteiger partial charge in [0.15, 0.2) is 0 Å². The van der Waals surface area contributed by atoms with Crippen molar-refractivity contribution in [2.24, 2.45) is 0 Å². The first-order valence-electron chi connectivity index (χ1n) is 7.46. The third-order valence-electron chi connectivity index (χ3n) is 3.30. The molecule has 0 atom stereocenters. The fourth-order valence-electron chi connectivity index (χ4n) is 1.90. The minimum atomic E-state index is 0.297. The zero-order valence-electron chi connectivity index (χ0n) is 12.9. The third-order valence-corrected chi connectivity index (χ3v) is 3.30. The first-order chi connectivity index (χ1) is 8.57. The molecular weight excluding hydrogens is 224 g/mol. The molecule has 0 heterocycles. The number of nitrogens with zero attached hydrogens (tertiary/aromatic N) is 2. The van der Waals surface area contributed by atoms with Crippen LogP contribution in [0.4, 0.5) is 0 Å². The highest BCUT2D eigenvalue weighted by molar-refractivity contribution is 5.75. The molecule has 18 heavy (non-hydrogen) atoms. The molecule has 3 heteroatoms. The van der Waals surface area contributed by atoms with Gasteiger partial charge in [-0.1, -0.05) is 45.4 Å². The Bertz CT molecular complexity index is 205. The minimum Gasteiger partial charge on any atom is -0.344 e. The molecule has 0 N–H and O–H groups in total. The van der Waals surface area contributed by atoms with Crippen LogP contribution in [0.5, 0.6) is 0 Å². The van der Waals surface area contributed by atoms with Crippen LogP contribution in [0.3, 0.4) is 0 Å². The number of carbonyl (C=O) groups is 1. The van der Waals surface area contributed by atoms with E-state index < -0.39 is 0 Å². The van der Waals surface area contributed by atoms with E-state index in [1.54, 1.807) is 0 Å². The fraction of sp³-hybridized carbons (Fsp3) is 0.933. The predicted octanol–water partition coefficient (Wildman–Crippen LogP) is 3.15. The van der Waals surface area contributed by atoms with Gasteiger partial charge in [0.2, 0.25) is 5.91 Å². The molecule has 0 rings (SSSR count). The molecule has 0 aliphatic carbocycles. The van der Waals surface area contributed by atoms with Gasteiger partial charge in [0.25, 0.3) is 0 Å². The quantitative estimate of drug-likeness (QED) is 0.530. The van der Waals surface area contributed by atoms with Crippen LogP contribution in [-0.2, 0) is 4.79 Å². The van der Waals surface area contributed by atoms with Crippen LogP contribution in [0.25, 0.3) is 0 Å². The van der Waals surface area contributed by atoms with E-state index in [0.717, 1.165) is 25.9 Å². The molecule has 0 bridgehead atoms. The van der Waals surface area contributed by atoms with Crippen LogP contribution in [0.1, 0.15) is 58.3 Å². The summed E-state index contributed by atoms with van der Waals surface area (Å²) in [5, 5.41) is 0. The second kappa shape index (κ2) is 11.5. The second-order valence-electron chi connectivity index (χ2n) is 5.49. The Kier molecular flexibility index (Phi) is 11.2. The van der Waals surface area contributed by atoms with E-state index >= 15 is 0 Å². The minimum absolute atomic E-state index is 0.297. The molecule has 0 saturated carbocycles. The zero-order valence-corrected chi connectivity index (χ0v) is 12.9. The van der Waals surface area contributed by atoms with E-state index in [1.807, 2.05) is 26.0 Å².